The van der Waals surface area contributed by atoms with Gasteiger partial charge in [0.1, 0.15) is 74.8 Å². The molecule has 95 heavy (non-hydrogen) atoms. The van der Waals surface area contributed by atoms with E-state index in [9.17, 15) is 14.0 Å². The lowest BCUT2D eigenvalue weighted by molar-refractivity contribution is -0.666. The van der Waals surface area contributed by atoms with Gasteiger partial charge in [0.15, 0.2) is 30.5 Å². The number of benzene rings is 4. The number of methoxy groups -OCH3 is 1. The second kappa shape index (κ2) is 31.5. The molecule has 15 heteroatoms. The molecule has 0 bridgehead atoms. The summed E-state index contributed by atoms with van der Waals surface area (Å²) < 4.78 is 40.8. The Hall–Kier alpha value is -9.64. The lowest BCUT2D eigenvalue weighted by atomic mass is 9.92. The highest BCUT2D eigenvalue weighted by Gasteiger charge is 2.28. The Labute approximate surface area is 572 Å². The lowest BCUT2D eigenvalue weighted by Crippen LogP contribution is -2.34. The fraction of sp³-hybridized carbons (Fsp3) is 0.250. The number of hydrogen-bond donors (Lipinski definition) is 0. The van der Waals surface area contributed by atoms with Crippen molar-refractivity contribution in [2.24, 2.45) is 35.2 Å². The number of carbonyl (C=O) groups is 2. The average molecular weight is 1320 g/mol. The van der Waals surface area contributed by atoms with Crippen LogP contribution in [0.15, 0.2) is 175 Å². The van der Waals surface area contributed by atoms with Crippen LogP contribution in [0.5, 0.6) is 5.75 Å². The minimum atomic E-state index is -0.331. The molecule has 0 saturated heterocycles. The molecular formula is C80H84FN6O5S3+5. The van der Waals surface area contributed by atoms with Crippen LogP contribution in [0.2, 0.25) is 0 Å². The Morgan fingerprint density at radius 3 is 1.85 bits per heavy atom. The summed E-state index contributed by atoms with van der Waals surface area (Å²) in [5.74, 6) is 2.71. The van der Waals surface area contributed by atoms with Gasteiger partial charge >= 0.3 is 11.9 Å². The molecule has 8 heterocycles. The Morgan fingerprint density at radius 2 is 1.25 bits per heavy atom. The Balaban J connectivity index is 0.000000153. The van der Waals surface area contributed by atoms with Crippen LogP contribution in [0, 0.1) is 78.0 Å². The highest BCUT2D eigenvalue weighted by atomic mass is 32.2. The zero-order valence-corrected chi connectivity index (χ0v) is 59.9. The Kier molecular flexibility index (Phi) is 23.6. The summed E-state index contributed by atoms with van der Waals surface area (Å²) in [6, 6.07) is 50.6. The van der Waals surface area contributed by atoms with Gasteiger partial charge in [-0.3, -0.25) is 0 Å². The number of thioether (sulfide) groups is 1. The number of esters is 2. The van der Waals surface area contributed by atoms with Crippen molar-refractivity contribution < 1.29 is 51.0 Å². The standard InChI is InChI=1S/C19H22NS.C17H15N2O2.C15H17FNO2S.C15H14NS.C14H16NO/c1-7-15-8-11-18(20(6)13-15)17-10-9-16(12-14(17)2)21-19(3,4)5;1-10-11(2)15-9-21-17(20)14(15)6-13(10)16-5-4-12(7-18)8-19(16)3;1-5-19-15(18)13-6-9(2)14(20-13)12-8-11(16)7-10(3)17(12)4;1-11-15(13-8-5-6-10-16(13)2)12-7-3-4-9-14(12)17-11;1-11-10-12(16-3)7-8-13(11)14-6-4-5-9-15(14)2/h1,8-13H,2-6H3;4-6,8H,9H2,1-3H3;6-8H,5H2,1-4H3;3-10H,1-2H3;4-10H,1-3H3/q5*+1. The highest BCUT2D eigenvalue weighted by Crippen LogP contribution is 2.38. The zero-order valence-electron chi connectivity index (χ0n) is 57.5. The van der Waals surface area contributed by atoms with Crippen molar-refractivity contribution in [1.29, 1.82) is 5.26 Å². The summed E-state index contributed by atoms with van der Waals surface area (Å²) in [6.45, 7) is 23.5. The zero-order chi connectivity index (χ0) is 69.0. The molecule has 12 rings (SSSR count). The summed E-state index contributed by atoms with van der Waals surface area (Å²) in [5, 5.41) is 10.3. The molecule has 0 saturated carbocycles. The fourth-order valence-corrected chi connectivity index (χ4v) is 14.5. The third-order valence-corrected chi connectivity index (χ3v) is 19.8. The van der Waals surface area contributed by atoms with Gasteiger partial charge in [0.05, 0.1) is 36.0 Å². The predicted molar refractivity (Wildman–Crippen MR) is 382 cm³/mol. The van der Waals surface area contributed by atoms with E-state index >= 15 is 0 Å². The number of aryl methyl sites for hydroxylation is 9. The van der Waals surface area contributed by atoms with Crippen LogP contribution in [0.3, 0.4) is 0 Å². The molecule has 0 unspecified atom stereocenters. The lowest BCUT2D eigenvalue weighted by Gasteiger charge is -2.18. The molecule has 0 aliphatic carbocycles. The monoisotopic (exact) mass is 1320 g/mol. The molecule has 11 nitrogen and oxygen atoms in total. The number of fused-ring (bicyclic) bond motifs is 2. The van der Waals surface area contributed by atoms with E-state index in [-0.39, 0.29) is 22.5 Å². The molecule has 11 aromatic rings. The van der Waals surface area contributed by atoms with Crippen LogP contribution in [0.4, 0.5) is 4.39 Å². The second-order valence-corrected chi connectivity index (χ2v) is 28.5. The first-order chi connectivity index (χ1) is 45.2. The molecule has 7 aromatic heterocycles. The van der Waals surface area contributed by atoms with Crippen molar-refractivity contribution in [3.05, 3.63) is 242 Å². The number of nitrogens with zero attached hydrogens (tertiary/aromatic N) is 6. The van der Waals surface area contributed by atoms with E-state index in [2.05, 4.69) is 185 Å². The molecule has 0 fully saturated rings. The first-order valence-electron chi connectivity index (χ1n) is 31.2. The normalized spacial score (nSPS) is 11.2. The summed E-state index contributed by atoms with van der Waals surface area (Å²) in [4.78, 5) is 27.7. The van der Waals surface area contributed by atoms with E-state index in [0.717, 1.165) is 61.1 Å². The van der Waals surface area contributed by atoms with E-state index in [1.54, 1.807) is 32.4 Å². The SMILES string of the molecule is C#Cc1ccc(-c2ccc(SC(C)(C)C)cc2C)[n+](C)c1.CCOC(=O)c1cc(C)c(-c2cc(F)cc(C)[n+]2C)s1.COc1ccc(-c2cccc[n+]2C)c(C)c1.Cc1c(-c2ccc(C#N)c[n+]2C)cc2c(c1C)COC2=O.Cc1sc2ccccc2c1-c1cccc[n+]1C. The van der Waals surface area contributed by atoms with Gasteiger partial charge in [-0.1, -0.05) is 44.9 Å². The number of terminal acetylenes is 1. The van der Waals surface area contributed by atoms with E-state index < -0.39 is 0 Å². The van der Waals surface area contributed by atoms with Gasteiger partial charge in [0.2, 0.25) is 28.5 Å². The van der Waals surface area contributed by atoms with Crippen molar-refractivity contribution >= 4 is 56.5 Å². The maximum atomic E-state index is 13.6. The molecule has 0 amide bonds. The maximum absolute atomic E-state index is 13.6. The number of carbonyl (C=O) groups excluding carboxylic acids is 2. The molecule has 0 radical (unpaired) electrons. The Bertz CT molecular complexity index is 4760. The van der Waals surface area contributed by atoms with Gasteiger partial charge in [-0.05, 0) is 155 Å². The third-order valence-electron chi connectivity index (χ3n) is 16.3. The topological polar surface area (TPSA) is 105 Å². The number of halogens is 1. The van der Waals surface area contributed by atoms with Crippen LogP contribution in [0.25, 0.3) is 65.7 Å². The molecule has 1 aliphatic heterocycles. The molecule has 4 aromatic carbocycles. The first-order valence-corrected chi connectivity index (χ1v) is 33.6. The third kappa shape index (κ3) is 17.2. The van der Waals surface area contributed by atoms with Gasteiger partial charge < -0.3 is 14.2 Å². The van der Waals surface area contributed by atoms with E-state index in [1.165, 1.54) is 88.2 Å². The average Bonchev–Trinajstić information content (AvgIpc) is 1.70. The van der Waals surface area contributed by atoms with Crippen molar-refractivity contribution in [2.75, 3.05) is 13.7 Å². The summed E-state index contributed by atoms with van der Waals surface area (Å²) in [5.41, 5.74) is 19.9. The van der Waals surface area contributed by atoms with Crippen molar-refractivity contribution in [3.63, 3.8) is 0 Å². The number of thiophene rings is 2. The number of nitriles is 1. The second-order valence-electron chi connectivity index (χ2n) is 24.3. The van der Waals surface area contributed by atoms with Gasteiger partial charge in [0.25, 0.3) is 0 Å². The van der Waals surface area contributed by atoms with Gasteiger partial charge in [0, 0.05) is 96.8 Å². The summed E-state index contributed by atoms with van der Waals surface area (Å²) in [7, 11) is 11.7. The molecular weight excluding hydrogens is 1240 g/mol. The van der Waals surface area contributed by atoms with Crippen LogP contribution >= 0.6 is 34.4 Å². The van der Waals surface area contributed by atoms with Crippen LogP contribution < -0.4 is 27.6 Å². The largest absolute Gasteiger partial charge is 0.497 e. The number of aromatic nitrogens is 5. The molecule has 484 valence electrons. The van der Waals surface area contributed by atoms with Gasteiger partial charge in [-0.15, -0.1) is 40.9 Å². The molecule has 0 N–H and O–H groups in total. The number of cyclic esters (lactones) is 1. The molecule has 1 aliphatic rings. The molecule has 0 spiro atoms. The van der Waals surface area contributed by atoms with Crippen molar-refractivity contribution in [2.45, 2.75) is 92.4 Å². The Morgan fingerprint density at radius 1 is 0.653 bits per heavy atom. The van der Waals surface area contributed by atoms with Crippen LogP contribution in [-0.4, -0.2) is 30.4 Å². The number of hydrogen-bond acceptors (Lipinski definition) is 9. The maximum Gasteiger partial charge on any atom is 0.348 e. The number of ether oxygens (including phenoxy) is 3. The van der Waals surface area contributed by atoms with Crippen molar-refractivity contribution in [1.82, 2.24) is 0 Å². The number of rotatable bonds is 9. The van der Waals surface area contributed by atoms with E-state index in [4.69, 9.17) is 25.9 Å². The number of pyridine rings is 5. The van der Waals surface area contributed by atoms with E-state index in [1.807, 2.05) is 118 Å². The highest BCUT2D eigenvalue weighted by molar-refractivity contribution is 8.00. The van der Waals surface area contributed by atoms with E-state index in [0.29, 0.717) is 29.2 Å². The van der Waals surface area contributed by atoms with Gasteiger partial charge in [-0.25, -0.2) is 23.1 Å². The van der Waals surface area contributed by atoms with Crippen molar-refractivity contribution in [3.8, 4) is 79.8 Å². The summed E-state index contributed by atoms with van der Waals surface area (Å²) in [6.07, 6.45) is 13.4. The van der Waals surface area contributed by atoms with Crippen LogP contribution in [-0.2, 0) is 51.3 Å². The minimum Gasteiger partial charge on any atom is -0.497 e. The smallest absolute Gasteiger partial charge is 0.348 e. The quantitative estimate of drug-likeness (QED) is 0.0613. The van der Waals surface area contributed by atoms with Gasteiger partial charge in [-0.2, -0.15) is 19.0 Å². The fourth-order valence-electron chi connectivity index (χ4n) is 11.2. The minimum absolute atomic E-state index is 0.229. The molecule has 0 atom stereocenters. The summed E-state index contributed by atoms with van der Waals surface area (Å²) >= 11 is 5.09. The first kappa shape index (κ1) is 71.2. The van der Waals surface area contributed by atoms with Crippen LogP contribution in [0.1, 0.15) is 103 Å². The predicted octanol–water partition coefficient (Wildman–Crippen LogP) is 16.1.